The van der Waals surface area contributed by atoms with Gasteiger partial charge >= 0.3 is 5.97 Å². The Bertz CT molecular complexity index is 1100. The van der Waals surface area contributed by atoms with Crippen molar-refractivity contribution in [2.24, 2.45) is 0 Å². The Morgan fingerprint density at radius 1 is 1.17 bits per heavy atom. The van der Waals surface area contributed by atoms with Crippen LogP contribution in [0.4, 0.5) is 0 Å². The molecule has 2 aromatic carbocycles. The molecule has 3 rings (SSSR count). The van der Waals surface area contributed by atoms with E-state index >= 15 is 0 Å². The van der Waals surface area contributed by atoms with Crippen LogP contribution in [0.1, 0.15) is 34.1 Å². The molecule has 0 bridgehead atoms. The molecule has 0 aliphatic carbocycles. The standard InChI is InChI=1S/C21H21N3O5/c1-13-6-3-4-9-16(13)17(12-20(26)27)22-21(28)18-11-19(25)24(23-18)14-7-5-8-15(10-14)29-2/h3-11,17,23H,12H2,1-2H3,(H,22,28)(H,26,27)/t17-/m0/s1. The first-order valence-corrected chi connectivity index (χ1v) is 8.93. The van der Waals surface area contributed by atoms with Gasteiger partial charge in [0.05, 0.1) is 25.3 Å². The minimum Gasteiger partial charge on any atom is -0.497 e. The van der Waals surface area contributed by atoms with Crippen LogP contribution in [-0.4, -0.2) is 33.9 Å². The molecule has 150 valence electrons. The van der Waals surface area contributed by atoms with E-state index in [1.165, 1.54) is 17.9 Å². The third-order valence-electron chi connectivity index (χ3n) is 4.52. The van der Waals surface area contributed by atoms with Crippen molar-refractivity contribution in [1.82, 2.24) is 15.1 Å². The minimum absolute atomic E-state index is 0.0294. The minimum atomic E-state index is -1.04. The average Bonchev–Trinajstić information content (AvgIpc) is 3.09. The molecule has 0 fully saturated rings. The molecule has 0 unspecified atom stereocenters. The molecule has 3 N–H and O–H groups in total. The van der Waals surface area contributed by atoms with Crippen LogP contribution in [0.3, 0.4) is 0 Å². The lowest BCUT2D eigenvalue weighted by Crippen LogP contribution is -2.31. The van der Waals surface area contributed by atoms with Crippen molar-refractivity contribution >= 4 is 11.9 Å². The summed E-state index contributed by atoms with van der Waals surface area (Å²) in [6.07, 6.45) is -0.280. The number of nitrogens with one attached hydrogen (secondary N) is 2. The average molecular weight is 395 g/mol. The molecule has 8 nitrogen and oxygen atoms in total. The van der Waals surface area contributed by atoms with Crippen molar-refractivity contribution in [1.29, 1.82) is 0 Å². The number of ether oxygens (including phenoxy) is 1. The predicted molar refractivity (Wildman–Crippen MR) is 107 cm³/mol. The Kier molecular flexibility index (Phi) is 5.82. The zero-order valence-corrected chi connectivity index (χ0v) is 16.0. The van der Waals surface area contributed by atoms with Crippen LogP contribution in [0.25, 0.3) is 5.69 Å². The van der Waals surface area contributed by atoms with E-state index in [0.717, 1.165) is 5.56 Å². The van der Waals surface area contributed by atoms with Gasteiger partial charge in [0.1, 0.15) is 11.4 Å². The zero-order chi connectivity index (χ0) is 21.0. The molecule has 0 saturated carbocycles. The highest BCUT2D eigenvalue weighted by Crippen LogP contribution is 2.21. The first kappa shape index (κ1) is 19.9. The summed E-state index contributed by atoms with van der Waals surface area (Å²) >= 11 is 0. The highest BCUT2D eigenvalue weighted by Gasteiger charge is 2.22. The molecule has 1 atom stereocenters. The quantitative estimate of drug-likeness (QED) is 0.569. The molecule has 0 aliphatic rings. The van der Waals surface area contributed by atoms with Crippen LogP contribution in [0.5, 0.6) is 5.75 Å². The number of aromatic amines is 1. The number of hydrogen-bond donors (Lipinski definition) is 3. The molecule has 1 aromatic heterocycles. The number of aromatic nitrogens is 2. The molecule has 1 amide bonds. The lowest BCUT2D eigenvalue weighted by molar-refractivity contribution is -0.137. The fraction of sp³-hybridized carbons (Fsp3) is 0.190. The van der Waals surface area contributed by atoms with Crippen LogP contribution in [0, 0.1) is 6.92 Å². The van der Waals surface area contributed by atoms with Gasteiger partial charge in [-0.15, -0.1) is 0 Å². The second-order valence-corrected chi connectivity index (χ2v) is 6.53. The molecule has 0 radical (unpaired) electrons. The lowest BCUT2D eigenvalue weighted by atomic mass is 9.98. The summed E-state index contributed by atoms with van der Waals surface area (Å²) in [6.45, 7) is 1.84. The van der Waals surface area contributed by atoms with Crippen LogP contribution in [0.15, 0.2) is 59.4 Å². The number of nitrogens with zero attached hydrogens (tertiary/aromatic N) is 1. The maximum absolute atomic E-state index is 12.7. The Hall–Kier alpha value is -3.81. The number of rotatable bonds is 7. The number of methoxy groups -OCH3 is 1. The molecule has 29 heavy (non-hydrogen) atoms. The van der Waals surface area contributed by atoms with E-state index in [0.29, 0.717) is 17.0 Å². The SMILES string of the molecule is COc1cccc(-n2[nH]c(C(=O)N[C@@H](CC(=O)O)c3ccccc3C)cc2=O)c1. The second kappa shape index (κ2) is 8.47. The molecule has 3 aromatic rings. The summed E-state index contributed by atoms with van der Waals surface area (Å²) in [6, 6.07) is 14.5. The highest BCUT2D eigenvalue weighted by molar-refractivity contribution is 5.92. The van der Waals surface area contributed by atoms with Crippen LogP contribution in [0.2, 0.25) is 0 Å². The van der Waals surface area contributed by atoms with Crippen molar-refractivity contribution < 1.29 is 19.4 Å². The molecule has 8 heteroatoms. The monoisotopic (exact) mass is 395 g/mol. The van der Waals surface area contributed by atoms with Gasteiger partial charge in [0, 0.05) is 12.1 Å². The predicted octanol–water partition coefficient (Wildman–Crippen LogP) is 2.43. The number of benzene rings is 2. The van der Waals surface area contributed by atoms with E-state index in [4.69, 9.17) is 4.74 Å². The van der Waals surface area contributed by atoms with E-state index in [9.17, 15) is 19.5 Å². The summed E-state index contributed by atoms with van der Waals surface area (Å²) in [7, 11) is 1.52. The van der Waals surface area contributed by atoms with Gasteiger partial charge in [0.15, 0.2) is 0 Å². The van der Waals surface area contributed by atoms with Gasteiger partial charge < -0.3 is 15.2 Å². The number of aryl methyl sites for hydroxylation is 1. The van der Waals surface area contributed by atoms with Crippen molar-refractivity contribution in [3.8, 4) is 11.4 Å². The fourth-order valence-corrected chi connectivity index (χ4v) is 3.08. The van der Waals surface area contributed by atoms with E-state index in [1.54, 1.807) is 36.4 Å². The number of hydrogen-bond acceptors (Lipinski definition) is 4. The molecule has 0 spiro atoms. The number of carbonyl (C=O) groups is 2. The van der Waals surface area contributed by atoms with Gasteiger partial charge in [0.25, 0.3) is 11.5 Å². The number of carbonyl (C=O) groups excluding carboxylic acids is 1. The maximum Gasteiger partial charge on any atom is 0.305 e. The first-order valence-electron chi connectivity index (χ1n) is 8.93. The van der Waals surface area contributed by atoms with Crippen molar-refractivity contribution in [2.45, 2.75) is 19.4 Å². The first-order chi connectivity index (χ1) is 13.9. The molecule has 0 aliphatic heterocycles. The molecular formula is C21H21N3O5. The lowest BCUT2D eigenvalue weighted by Gasteiger charge is -2.19. The summed E-state index contributed by atoms with van der Waals surface area (Å²) in [4.78, 5) is 36.4. The van der Waals surface area contributed by atoms with Crippen molar-refractivity contribution in [3.63, 3.8) is 0 Å². The second-order valence-electron chi connectivity index (χ2n) is 6.53. The molecule has 0 saturated heterocycles. The van der Waals surface area contributed by atoms with Crippen LogP contribution >= 0.6 is 0 Å². The third kappa shape index (κ3) is 4.55. The Balaban J connectivity index is 1.88. The van der Waals surface area contributed by atoms with Crippen LogP contribution in [-0.2, 0) is 4.79 Å². The van der Waals surface area contributed by atoms with E-state index in [-0.39, 0.29) is 12.1 Å². The van der Waals surface area contributed by atoms with Gasteiger partial charge in [-0.25, -0.2) is 4.68 Å². The number of amides is 1. The third-order valence-corrected chi connectivity index (χ3v) is 4.52. The Labute approximate surface area is 166 Å². The topological polar surface area (TPSA) is 113 Å². The summed E-state index contributed by atoms with van der Waals surface area (Å²) in [5, 5.41) is 14.7. The van der Waals surface area contributed by atoms with Gasteiger partial charge in [-0.3, -0.25) is 19.5 Å². The number of carboxylic acids is 1. The molecular weight excluding hydrogens is 374 g/mol. The largest absolute Gasteiger partial charge is 0.497 e. The number of carboxylic acid groups (broad SMARTS) is 1. The van der Waals surface area contributed by atoms with Crippen molar-refractivity contribution in [3.05, 3.63) is 81.8 Å². The normalized spacial score (nSPS) is 11.7. The Morgan fingerprint density at radius 3 is 2.62 bits per heavy atom. The van der Waals surface area contributed by atoms with Gasteiger partial charge in [-0.2, -0.15) is 0 Å². The van der Waals surface area contributed by atoms with Gasteiger partial charge in [-0.05, 0) is 30.2 Å². The van der Waals surface area contributed by atoms with E-state index in [2.05, 4.69) is 10.4 Å². The number of H-pyrrole nitrogens is 1. The fourth-order valence-electron chi connectivity index (χ4n) is 3.08. The summed E-state index contributed by atoms with van der Waals surface area (Å²) in [5.41, 5.74) is 1.68. The summed E-state index contributed by atoms with van der Waals surface area (Å²) in [5.74, 6) is -1.05. The number of aliphatic carboxylic acids is 1. The van der Waals surface area contributed by atoms with E-state index < -0.39 is 23.5 Å². The highest BCUT2D eigenvalue weighted by atomic mass is 16.5. The Morgan fingerprint density at radius 2 is 1.93 bits per heavy atom. The zero-order valence-electron chi connectivity index (χ0n) is 16.0. The van der Waals surface area contributed by atoms with E-state index in [1.807, 2.05) is 19.1 Å². The summed E-state index contributed by atoms with van der Waals surface area (Å²) < 4.78 is 6.38. The van der Waals surface area contributed by atoms with Crippen LogP contribution < -0.4 is 15.6 Å². The maximum atomic E-state index is 12.7. The van der Waals surface area contributed by atoms with Crippen molar-refractivity contribution in [2.75, 3.05) is 7.11 Å². The van der Waals surface area contributed by atoms with Gasteiger partial charge in [-0.1, -0.05) is 30.3 Å². The molecule has 1 heterocycles. The smallest absolute Gasteiger partial charge is 0.305 e. The van der Waals surface area contributed by atoms with Gasteiger partial charge in [0.2, 0.25) is 0 Å².